The van der Waals surface area contributed by atoms with Crippen molar-refractivity contribution in [3.8, 4) is 0 Å². The number of hydrogen-bond donors (Lipinski definition) is 2. The van der Waals surface area contributed by atoms with Gasteiger partial charge in [0.05, 0.1) is 0 Å². The quantitative estimate of drug-likeness (QED) is 0.736. The number of rotatable bonds is 4. The summed E-state index contributed by atoms with van der Waals surface area (Å²) in [5.41, 5.74) is 1.79. The second kappa shape index (κ2) is 6.95. The molecule has 3 aromatic rings. The summed E-state index contributed by atoms with van der Waals surface area (Å²) in [4.78, 5) is 12.3. The van der Waals surface area contributed by atoms with Gasteiger partial charge in [-0.1, -0.05) is 38.1 Å². The summed E-state index contributed by atoms with van der Waals surface area (Å²) in [7, 11) is 0. The second-order valence-electron chi connectivity index (χ2n) is 7.03. The molecular formula is C19H21N5O2. The lowest BCUT2D eigenvalue weighted by atomic mass is 9.87. The van der Waals surface area contributed by atoms with Crippen molar-refractivity contribution in [1.82, 2.24) is 15.4 Å². The molecule has 0 saturated carbocycles. The van der Waals surface area contributed by atoms with Gasteiger partial charge in [-0.2, -0.15) is 0 Å². The minimum Gasteiger partial charge on any atom is -0.360 e. The number of nitrogens with zero attached hydrogens (tertiary/aromatic N) is 3. The van der Waals surface area contributed by atoms with Crippen LogP contribution in [-0.2, 0) is 5.41 Å². The first-order valence-corrected chi connectivity index (χ1v) is 8.27. The second-order valence-corrected chi connectivity index (χ2v) is 7.03. The van der Waals surface area contributed by atoms with Crippen molar-refractivity contribution in [1.29, 1.82) is 0 Å². The van der Waals surface area contributed by atoms with Crippen LogP contribution in [0.3, 0.4) is 0 Å². The van der Waals surface area contributed by atoms with E-state index < -0.39 is 0 Å². The molecule has 7 nitrogen and oxygen atoms in total. The van der Waals surface area contributed by atoms with E-state index in [0.29, 0.717) is 28.8 Å². The third-order valence-electron chi connectivity index (χ3n) is 3.80. The van der Waals surface area contributed by atoms with Gasteiger partial charge in [0, 0.05) is 11.6 Å². The van der Waals surface area contributed by atoms with Gasteiger partial charge in [0.2, 0.25) is 0 Å². The number of nitrogens with one attached hydrogen (secondary N) is 2. The van der Waals surface area contributed by atoms with E-state index in [1.54, 1.807) is 25.1 Å². The highest BCUT2D eigenvalue weighted by Gasteiger charge is 2.14. The Kier molecular flexibility index (Phi) is 4.71. The minimum absolute atomic E-state index is 0.0473. The molecule has 0 fully saturated rings. The zero-order chi connectivity index (χ0) is 18.7. The molecule has 0 aliphatic carbocycles. The van der Waals surface area contributed by atoms with E-state index in [9.17, 15) is 4.79 Å². The van der Waals surface area contributed by atoms with Gasteiger partial charge < -0.3 is 15.2 Å². The first-order valence-electron chi connectivity index (χ1n) is 8.27. The Balaban J connectivity index is 1.64. The van der Waals surface area contributed by atoms with Crippen molar-refractivity contribution in [2.24, 2.45) is 0 Å². The highest BCUT2D eigenvalue weighted by Crippen LogP contribution is 2.22. The molecule has 3 rings (SSSR count). The number of aryl methyl sites for hydroxylation is 1. The molecule has 1 aromatic carbocycles. The summed E-state index contributed by atoms with van der Waals surface area (Å²) in [5.74, 6) is 1.89. The Bertz CT molecular complexity index is 893. The van der Waals surface area contributed by atoms with Gasteiger partial charge in [-0.3, -0.25) is 4.79 Å². The summed E-state index contributed by atoms with van der Waals surface area (Å²) in [6.45, 7) is 8.20. The van der Waals surface area contributed by atoms with Gasteiger partial charge in [-0.25, -0.2) is 0 Å². The average Bonchev–Trinajstić information content (AvgIpc) is 3.01. The van der Waals surface area contributed by atoms with Crippen LogP contribution in [0.25, 0.3) is 0 Å². The molecule has 134 valence electrons. The number of carbonyl (C=O) groups is 1. The smallest absolute Gasteiger partial charge is 0.256 e. The third-order valence-corrected chi connectivity index (χ3v) is 3.80. The third kappa shape index (κ3) is 4.24. The number of hydrogen-bond acceptors (Lipinski definition) is 6. The zero-order valence-corrected chi connectivity index (χ0v) is 15.2. The van der Waals surface area contributed by atoms with Crippen LogP contribution in [0, 0.1) is 6.92 Å². The maximum absolute atomic E-state index is 12.3. The van der Waals surface area contributed by atoms with Crippen molar-refractivity contribution in [3.63, 3.8) is 0 Å². The van der Waals surface area contributed by atoms with E-state index in [1.165, 1.54) is 5.56 Å². The standard InChI is InChI=1S/C19H21N5O2/c1-12-11-17(24-26-12)20-15-9-10-16(23-22-15)21-18(25)13-5-7-14(8-6-13)19(2,3)4/h5-11H,1-4H3,(H,20,22,24)(H,21,23,25). The molecule has 0 aliphatic heterocycles. The lowest BCUT2D eigenvalue weighted by Crippen LogP contribution is -2.15. The average molecular weight is 351 g/mol. The molecule has 26 heavy (non-hydrogen) atoms. The monoisotopic (exact) mass is 351 g/mol. The van der Waals surface area contributed by atoms with E-state index in [2.05, 4.69) is 46.8 Å². The topological polar surface area (TPSA) is 92.9 Å². The Morgan fingerprint density at radius 2 is 1.62 bits per heavy atom. The van der Waals surface area contributed by atoms with Gasteiger partial charge in [0.1, 0.15) is 5.76 Å². The molecule has 0 atom stereocenters. The number of benzene rings is 1. The molecule has 1 amide bonds. The fraction of sp³-hybridized carbons (Fsp3) is 0.263. The van der Waals surface area contributed by atoms with Crippen LogP contribution < -0.4 is 10.6 Å². The Labute approximate surface area is 151 Å². The van der Waals surface area contributed by atoms with Crippen LogP contribution in [0.5, 0.6) is 0 Å². The molecule has 0 saturated heterocycles. The Hall–Kier alpha value is -3.22. The van der Waals surface area contributed by atoms with Crippen molar-refractivity contribution in [2.75, 3.05) is 10.6 Å². The first-order chi connectivity index (χ1) is 12.3. The molecular weight excluding hydrogens is 330 g/mol. The van der Waals surface area contributed by atoms with Gasteiger partial charge >= 0.3 is 0 Å². The van der Waals surface area contributed by atoms with Crippen LogP contribution in [-0.4, -0.2) is 21.3 Å². The lowest BCUT2D eigenvalue weighted by Gasteiger charge is -2.19. The van der Waals surface area contributed by atoms with Crippen LogP contribution in [0.4, 0.5) is 17.5 Å². The van der Waals surface area contributed by atoms with Gasteiger partial charge in [-0.15, -0.1) is 10.2 Å². The van der Waals surface area contributed by atoms with Crippen LogP contribution in [0.15, 0.2) is 47.0 Å². The summed E-state index contributed by atoms with van der Waals surface area (Å²) in [6.07, 6.45) is 0. The molecule has 2 N–H and O–H groups in total. The van der Waals surface area contributed by atoms with Crippen molar-refractivity contribution >= 4 is 23.4 Å². The fourth-order valence-electron chi connectivity index (χ4n) is 2.33. The largest absolute Gasteiger partial charge is 0.360 e. The highest BCUT2D eigenvalue weighted by molar-refractivity contribution is 6.03. The van der Waals surface area contributed by atoms with Gasteiger partial charge in [0.25, 0.3) is 5.91 Å². The molecule has 2 aromatic heterocycles. The number of aromatic nitrogens is 3. The van der Waals surface area contributed by atoms with Gasteiger partial charge in [0.15, 0.2) is 17.5 Å². The predicted molar refractivity (Wildman–Crippen MR) is 99.6 cm³/mol. The van der Waals surface area contributed by atoms with Crippen molar-refractivity contribution < 1.29 is 9.32 Å². The van der Waals surface area contributed by atoms with Crippen molar-refractivity contribution in [3.05, 3.63) is 59.4 Å². The van der Waals surface area contributed by atoms with Gasteiger partial charge in [-0.05, 0) is 42.2 Å². The molecule has 0 spiro atoms. The summed E-state index contributed by atoms with van der Waals surface area (Å²) in [6, 6.07) is 12.7. The lowest BCUT2D eigenvalue weighted by molar-refractivity contribution is 0.102. The predicted octanol–water partition coefficient (Wildman–Crippen LogP) is 4.07. The maximum atomic E-state index is 12.3. The normalized spacial score (nSPS) is 11.2. The highest BCUT2D eigenvalue weighted by atomic mass is 16.5. The fourth-order valence-corrected chi connectivity index (χ4v) is 2.33. The SMILES string of the molecule is Cc1cc(Nc2ccc(NC(=O)c3ccc(C(C)(C)C)cc3)nn2)no1. The molecule has 0 radical (unpaired) electrons. The van der Waals surface area contributed by atoms with E-state index in [0.717, 1.165) is 0 Å². The molecule has 0 bridgehead atoms. The Morgan fingerprint density at radius 3 is 2.15 bits per heavy atom. The first kappa shape index (κ1) is 17.6. The molecule has 0 unspecified atom stereocenters. The van der Waals surface area contributed by atoms with E-state index >= 15 is 0 Å². The summed E-state index contributed by atoms with van der Waals surface area (Å²) < 4.78 is 4.97. The molecule has 0 aliphatic rings. The van der Waals surface area contributed by atoms with E-state index in [1.807, 2.05) is 24.3 Å². The van der Waals surface area contributed by atoms with Crippen LogP contribution >= 0.6 is 0 Å². The minimum atomic E-state index is -0.229. The van der Waals surface area contributed by atoms with E-state index in [4.69, 9.17) is 4.52 Å². The zero-order valence-electron chi connectivity index (χ0n) is 15.2. The number of carbonyl (C=O) groups excluding carboxylic acids is 1. The van der Waals surface area contributed by atoms with E-state index in [-0.39, 0.29) is 11.3 Å². The molecule has 7 heteroatoms. The molecule has 2 heterocycles. The van der Waals surface area contributed by atoms with Crippen molar-refractivity contribution in [2.45, 2.75) is 33.1 Å². The van der Waals surface area contributed by atoms with Crippen LogP contribution in [0.1, 0.15) is 42.5 Å². The Morgan fingerprint density at radius 1 is 0.962 bits per heavy atom. The van der Waals surface area contributed by atoms with Crippen LogP contribution in [0.2, 0.25) is 0 Å². The maximum Gasteiger partial charge on any atom is 0.256 e. The summed E-state index contributed by atoms with van der Waals surface area (Å²) >= 11 is 0. The number of amides is 1. The number of anilines is 3. The summed E-state index contributed by atoms with van der Waals surface area (Å²) in [5, 5.41) is 17.5.